The van der Waals surface area contributed by atoms with Gasteiger partial charge in [-0.3, -0.25) is 4.79 Å². The quantitative estimate of drug-likeness (QED) is 0.490. The first-order chi connectivity index (χ1) is 15.4. The maximum Gasteiger partial charge on any atom is 0.233 e. The topological polar surface area (TPSA) is 84.6 Å². The number of carbonyl (C=O) groups is 1. The number of halogens is 2. The SMILES string of the molecule is COc1cc([C@H]2CC(=O)C3=C(C2)Nc2onc(C)c2[C@H]3c2ccc(Cl)cc2Cl)ccc1O. The van der Waals surface area contributed by atoms with Crippen LogP contribution in [0, 0.1) is 6.92 Å². The number of ether oxygens (including phenoxy) is 1. The number of aromatic hydroxyl groups is 1. The lowest BCUT2D eigenvalue weighted by Crippen LogP contribution is -2.29. The molecule has 0 fully saturated rings. The Balaban J connectivity index is 1.61. The van der Waals surface area contributed by atoms with Gasteiger partial charge in [-0.15, -0.1) is 0 Å². The molecule has 0 unspecified atom stereocenters. The molecular weight excluding hydrogens is 451 g/mol. The van der Waals surface area contributed by atoms with Gasteiger partial charge in [0.1, 0.15) is 0 Å². The van der Waals surface area contributed by atoms with Gasteiger partial charge in [-0.05, 0) is 54.7 Å². The normalized spacial score (nSPS) is 19.9. The number of hydrogen-bond acceptors (Lipinski definition) is 6. The first-order valence-corrected chi connectivity index (χ1v) is 10.9. The number of aryl methyl sites for hydroxylation is 1. The monoisotopic (exact) mass is 470 g/mol. The molecule has 8 heteroatoms. The highest BCUT2D eigenvalue weighted by Gasteiger charge is 2.41. The number of phenolic OH excluding ortho intramolecular Hbond substituents is 1. The average molecular weight is 471 g/mol. The van der Waals surface area contributed by atoms with E-state index in [1.54, 1.807) is 24.3 Å². The predicted octanol–water partition coefficient (Wildman–Crippen LogP) is 5.96. The molecule has 3 aromatic rings. The standard InChI is InChI=1S/C24H20Cl2N2O4/c1-11-21-22(15-5-4-14(25)10-16(15)26)23-17(27-24(21)32-28-11)7-13(8-19(23)30)12-3-6-18(29)20(9-12)31-2/h3-6,9-10,13,22,27,29H,7-8H2,1-2H3/t13-,22-/m1/s1. The van der Waals surface area contributed by atoms with Crippen molar-refractivity contribution in [3.8, 4) is 11.5 Å². The lowest BCUT2D eigenvalue weighted by molar-refractivity contribution is -0.116. The minimum Gasteiger partial charge on any atom is -0.504 e. The molecule has 0 bridgehead atoms. The number of aromatic nitrogens is 1. The summed E-state index contributed by atoms with van der Waals surface area (Å²) in [7, 11) is 1.50. The van der Waals surface area contributed by atoms with Gasteiger partial charge < -0.3 is 19.7 Å². The number of nitrogens with zero attached hydrogens (tertiary/aromatic N) is 1. The van der Waals surface area contributed by atoms with Crippen molar-refractivity contribution in [1.29, 1.82) is 0 Å². The van der Waals surface area contributed by atoms with Crippen LogP contribution in [-0.2, 0) is 4.79 Å². The third-order valence-electron chi connectivity index (χ3n) is 6.21. The van der Waals surface area contributed by atoms with Crippen LogP contribution in [-0.4, -0.2) is 23.2 Å². The number of ketones is 1. The lowest BCUT2D eigenvalue weighted by atomic mass is 9.72. The fourth-order valence-corrected chi connectivity index (χ4v) is 5.22. The Hall–Kier alpha value is -2.96. The summed E-state index contributed by atoms with van der Waals surface area (Å²) < 4.78 is 10.8. The molecule has 1 aromatic heterocycles. The van der Waals surface area contributed by atoms with Crippen molar-refractivity contribution in [3.63, 3.8) is 0 Å². The van der Waals surface area contributed by atoms with E-state index in [-0.39, 0.29) is 23.4 Å². The van der Waals surface area contributed by atoms with Crippen LogP contribution in [0.3, 0.4) is 0 Å². The number of rotatable bonds is 3. The Labute approximate surface area is 194 Å². The summed E-state index contributed by atoms with van der Waals surface area (Å²) in [5, 5.41) is 18.4. The van der Waals surface area contributed by atoms with E-state index in [0.717, 1.165) is 22.4 Å². The molecule has 0 saturated heterocycles. The molecule has 2 atom stereocenters. The summed E-state index contributed by atoms with van der Waals surface area (Å²) in [5.74, 6) is 0.529. The highest BCUT2D eigenvalue weighted by atomic mass is 35.5. The van der Waals surface area contributed by atoms with E-state index >= 15 is 0 Å². The second-order valence-electron chi connectivity index (χ2n) is 8.09. The number of carbonyl (C=O) groups excluding carboxylic acids is 1. The first kappa shape index (κ1) is 20.9. The Kier molecular flexibility index (Phi) is 5.14. The van der Waals surface area contributed by atoms with Gasteiger partial charge in [-0.25, -0.2) is 0 Å². The summed E-state index contributed by atoms with van der Waals surface area (Å²) in [5.41, 5.74) is 4.69. The van der Waals surface area contributed by atoms with Crippen molar-refractivity contribution < 1.29 is 19.2 Å². The lowest BCUT2D eigenvalue weighted by Gasteiger charge is -2.34. The molecule has 5 rings (SSSR count). The number of benzene rings is 2. The number of phenols is 1. The fraction of sp³-hybridized carbons (Fsp3) is 0.250. The van der Waals surface area contributed by atoms with Gasteiger partial charge in [0.05, 0.1) is 18.4 Å². The van der Waals surface area contributed by atoms with Gasteiger partial charge in [0.25, 0.3) is 0 Å². The van der Waals surface area contributed by atoms with Crippen molar-refractivity contribution in [3.05, 3.63) is 80.1 Å². The molecule has 1 aliphatic carbocycles. The summed E-state index contributed by atoms with van der Waals surface area (Å²) in [6.45, 7) is 1.85. The van der Waals surface area contributed by atoms with Crippen LogP contribution in [0.25, 0.3) is 0 Å². The highest BCUT2D eigenvalue weighted by molar-refractivity contribution is 6.35. The number of methoxy groups -OCH3 is 1. The van der Waals surface area contributed by atoms with Gasteiger partial charge in [-0.2, -0.15) is 0 Å². The summed E-state index contributed by atoms with van der Waals surface area (Å²) in [6.07, 6.45) is 0.922. The Morgan fingerprint density at radius 1 is 1.19 bits per heavy atom. The van der Waals surface area contributed by atoms with Crippen LogP contribution < -0.4 is 10.1 Å². The molecule has 32 heavy (non-hydrogen) atoms. The third-order valence-corrected chi connectivity index (χ3v) is 6.77. The molecular formula is C24H20Cl2N2O4. The molecule has 0 saturated carbocycles. The van der Waals surface area contributed by atoms with Gasteiger partial charge in [0.15, 0.2) is 17.3 Å². The predicted molar refractivity (Wildman–Crippen MR) is 122 cm³/mol. The van der Waals surface area contributed by atoms with Crippen LogP contribution in [0.15, 0.2) is 52.2 Å². The minimum absolute atomic E-state index is 0.0260. The number of allylic oxidation sites excluding steroid dienone is 2. The van der Waals surface area contributed by atoms with Gasteiger partial charge >= 0.3 is 0 Å². The van der Waals surface area contributed by atoms with Gasteiger partial charge in [0, 0.05) is 33.7 Å². The summed E-state index contributed by atoms with van der Waals surface area (Å²) in [4.78, 5) is 13.5. The zero-order valence-electron chi connectivity index (χ0n) is 17.4. The Morgan fingerprint density at radius 2 is 2.00 bits per heavy atom. The highest BCUT2D eigenvalue weighted by Crippen LogP contribution is 2.50. The Morgan fingerprint density at radius 3 is 2.75 bits per heavy atom. The van der Waals surface area contributed by atoms with Crippen LogP contribution in [0.4, 0.5) is 5.88 Å². The molecule has 2 N–H and O–H groups in total. The molecule has 6 nitrogen and oxygen atoms in total. The van der Waals surface area contributed by atoms with E-state index in [1.165, 1.54) is 7.11 Å². The number of hydrogen-bond donors (Lipinski definition) is 2. The van der Waals surface area contributed by atoms with Crippen LogP contribution in [0.2, 0.25) is 10.0 Å². The van der Waals surface area contributed by atoms with Crippen molar-refractivity contribution in [2.24, 2.45) is 0 Å². The van der Waals surface area contributed by atoms with E-state index in [9.17, 15) is 9.90 Å². The molecule has 164 valence electrons. The van der Waals surface area contributed by atoms with Crippen molar-refractivity contribution in [2.45, 2.75) is 31.6 Å². The molecule has 0 radical (unpaired) electrons. The van der Waals surface area contributed by atoms with E-state index in [4.69, 9.17) is 32.5 Å². The minimum atomic E-state index is -0.389. The second-order valence-corrected chi connectivity index (χ2v) is 8.93. The molecule has 2 heterocycles. The zero-order valence-corrected chi connectivity index (χ0v) is 18.9. The first-order valence-electron chi connectivity index (χ1n) is 10.2. The number of nitrogens with one attached hydrogen (secondary N) is 1. The molecule has 1 aliphatic heterocycles. The Bertz CT molecular complexity index is 1280. The number of Topliss-reactive ketones (excluding diaryl/α,β-unsaturated/α-hetero) is 1. The van der Waals surface area contributed by atoms with Crippen LogP contribution >= 0.6 is 23.2 Å². The number of anilines is 1. The second kappa shape index (κ2) is 7.87. The van der Waals surface area contributed by atoms with E-state index in [2.05, 4.69) is 10.5 Å². The largest absolute Gasteiger partial charge is 0.504 e. The molecule has 2 aliphatic rings. The smallest absolute Gasteiger partial charge is 0.233 e. The van der Waals surface area contributed by atoms with E-state index in [0.29, 0.717) is 45.8 Å². The maximum absolute atomic E-state index is 13.5. The van der Waals surface area contributed by atoms with Crippen LogP contribution in [0.1, 0.15) is 47.1 Å². The van der Waals surface area contributed by atoms with Crippen LogP contribution in [0.5, 0.6) is 11.5 Å². The summed E-state index contributed by atoms with van der Waals surface area (Å²) >= 11 is 12.7. The fourth-order valence-electron chi connectivity index (χ4n) is 4.70. The van der Waals surface area contributed by atoms with Crippen molar-refractivity contribution in [1.82, 2.24) is 5.16 Å². The van der Waals surface area contributed by atoms with Gasteiger partial charge in [-0.1, -0.05) is 40.5 Å². The number of fused-ring (bicyclic) bond motifs is 1. The zero-order chi connectivity index (χ0) is 22.6. The van der Waals surface area contributed by atoms with Gasteiger partial charge in [0.2, 0.25) is 5.88 Å². The molecule has 2 aromatic carbocycles. The van der Waals surface area contributed by atoms with E-state index < -0.39 is 0 Å². The van der Waals surface area contributed by atoms with E-state index in [1.807, 2.05) is 19.1 Å². The molecule has 0 amide bonds. The molecule has 0 spiro atoms. The van der Waals surface area contributed by atoms with Crippen molar-refractivity contribution >= 4 is 34.9 Å². The maximum atomic E-state index is 13.5. The third kappa shape index (κ3) is 3.34. The summed E-state index contributed by atoms with van der Waals surface area (Å²) in [6, 6.07) is 10.5. The average Bonchev–Trinajstić information content (AvgIpc) is 3.13. The van der Waals surface area contributed by atoms with Crippen molar-refractivity contribution in [2.75, 3.05) is 12.4 Å².